The molecule has 1 aromatic rings. The summed E-state index contributed by atoms with van der Waals surface area (Å²) >= 11 is 1.84. The predicted molar refractivity (Wildman–Crippen MR) is 69.8 cm³/mol. The molecule has 1 aliphatic rings. The third-order valence-corrected chi connectivity index (χ3v) is 4.02. The molecular formula is C14H20OS. The van der Waals surface area contributed by atoms with Crippen LogP contribution >= 0.6 is 11.8 Å². The molecule has 2 rings (SSSR count). The molecule has 1 aliphatic carbocycles. The van der Waals surface area contributed by atoms with Crippen LogP contribution in [-0.2, 0) is 0 Å². The second-order valence-corrected chi connectivity index (χ2v) is 5.88. The summed E-state index contributed by atoms with van der Waals surface area (Å²) < 4.78 is 0. The van der Waals surface area contributed by atoms with E-state index in [-0.39, 0.29) is 6.10 Å². The zero-order valence-electron chi connectivity index (χ0n) is 9.86. The summed E-state index contributed by atoms with van der Waals surface area (Å²) in [7, 11) is 0. The highest BCUT2D eigenvalue weighted by Crippen LogP contribution is 2.36. The molecule has 2 heteroatoms. The molecule has 16 heavy (non-hydrogen) atoms. The molecule has 0 radical (unpaired) electrons. The fourth-order valence-corrected chi connectivity index (χ4v) is 2.58. The van der Waals surface area contributed by atoms with E-state index in [1.54, 1.807) is 0 Å². The summed E-state index contributed by atoms with van der Waals surface area (Å²) in [5.74, 6) is 2.01. The van der Waals surface area contributed by atoms with Crippen LogP contribution in [0, 0.1) is 5.92 Å². The van der Waals surface area contributed by atoms with Gasteiger partial charge in [-0.3, -0.25) is 0 Å². The van der Waals surface area contributed by atoms with Crippen molar-refractivity contribution >= 4 is 11.8 Å². The van der Waals surface area contributed by atoms with Crippen molar-refractivity contribution < 1.29 is 5.11 Å². The lowest BCUT2D eigenvalue weighted by molar-refractivity contribution is 0.162. The highest BCUT2D eigenvalue weighted by molar-refractivity contribution is 7.99. The molecule has 0 amide bonds. The monoisotopic (exact) mass is 236 g/mol. The van der Waals surface area contributed by atoms with Crippen LogP contribution in [0.15, 0.2) is 29.2 Å². The molecule has 1 fully saturated rings. The van der Waals surface area contributed by atoms with Crippen LogP contribution < -0.4 is 0 Å². The molecule has 1 aromatic carbocycles. The Morgan fingerprint density at radius 2 is 2.00 bits per heavy atom. The summed E-state index contributed by atoms with van der Waals surface area (Å²) in [5, 5.41) is 10.0. The molecular weight excluding hydrogens is 216 g/mol. The van der Waals surface area contributed by atoms with Gasteiger partial charge in [0, 0.05) is 4.90 Å². The number of aliphatic hydroxyl groups excluding tert-OH is 1. The molecule has 1 saturated carbocycles. The molecule has 0 bridgehead atoms. The maximum atomic E-state index is 10.0. The standard InChI is InChI=1S/C14H20OS/c1-2-16-13-8-6-12(7-9-13)14(15)10-5-11-3-4-11/h6-9,11,14-15H,2-5,10H2,1H3. The Kier molecular flexibility index (Phi) is 4.30. The summed E-state index contributed by atoms with van der Waals surface area (Å²) in [4.78, 5) is 1.29. The first-order chi connectivity index (χ1) is 7.79. The minimum atomic E-state index is -0.263. The van der Waals surface area contributed by atoms with Crippen LogP contribution in [0.3, 0.4) is 0 Å². The fraction of sp³-hybridized carbons (Fsp3) is 0.571. The molecule has 1 atom stereocenters. The Bertz CT molecular complexity index is 316. The van der Waals surface area contributed by atoms with E-state index in [4.69, 9.17) is 0 Å². The summed E-state index contributed by atoms with van der Waals surface area (Å²) in [5.41, 5.74) is 1.07. The van der Waals surface area contributed by atoms with E-state index in [0.29, 0.717) is 0 Å². The number of rotatable bonds is 6. The van der Waals surface area contributed by atoms with Crippen LogP contribution in [0.1, 0.15) is 44.3 Å². The number of hydrogen-bond acceptors (Lipinski definition) is 2. The van der Waals surface area contributed by atoms with Crippen LogP contribution in [0.25, 0.3) is 0 Å². The van der Waals surface area contributed by atoms with Gasteiger partial charge in [0.15, 0.2) is 0 Å². The van der Waals surface area contributed by atoms with Crippen molar-refractivity contribution in [3.8, 4) is 0 Å². The summed E-state index contributed by atoms with van der Waals surface area (Å²) in [6, 6.07) is 8.36. The topological polar surface area (TPSA) is 20.2 Å². The lowest BCUT2D eigenvalue weighted by atomic mass is 10.0. The summed E-state index contributed by atoms with van der Waals surface area (Å²) in [6.07, 6.45) is 4.59. The van der Waals surface area contributed by atoms with Crippen LogP contribution in [0.2, 0.25) is 0 Å². The van der Waals surface area contributed by atoms with Crippen molar-refractivity contribution in [2.75, 3.05) is 5.75 Å². The average molecular weight is 236 g/mol. The maximum Gasteiger partial charge on any atom is 0.0790 e. The third-order valence-electron chi connectivity index (χ3n) is 3.12. The van der Waals surface area contributed by atoms with Gasteiger partial charge in [-0.1, -0.05) is 31.9 Å². The van der Waals surface area contributed by atoms with E-state index in [2.05, 4.69) is 31.2 Å². The molecule has 1 nitrogen and oxygen atoms in total. The average Bonchev–Trinajstić information content (AvgIpc) is 3.11. The highest BCUT2D eigenvalue weighted by Gasteiger charge is 2.22. The van der Waals surface area contributed by atoms with Crippen molar-refractivity contribution in [2.45, 2.75) is 43.6 Å². The summed E-state index contributed by atoms with van der Waals surface area (Å²) in [6.45, 7) is 2.16. The van der Waals surface area contributed by atoms with Gasteiger partial charge in [0.25, 0.3) is 0 Å². The Morgan fingerprint density at radius 1 is 1.31 bits per heavy atom. The second-order valence-electron chi connectivity index (χ2n) is 4.54. The van der Waals surface area contributed by atoms with Gasteiger partial charge in [0.2, 0.25) is 0 Å². The largest absolute Gasteiger partial charge is 0.388 e. The smallest absolute Gasteiger partial charge is 0.0790 e. The van der Waals surface area contributed by atoms with Gasteiger partial charge in [0.05, 0.1) is 6.10 Å². The van der Waals surface area contributed by atoms with Crippen molar-refractivity contribution in [1.29, 1.82) is 0 Å². The molecule has 88 valence electrons. The van der Waals surface area contributed by atoms with Crippen LogP contribution in [0.5, 0.6) is 0 Å². The zero-order chi connectivity index (χ0) is 11.4. The van der Waals surface area contributed by atoms with Gasteiger partial charge in [-0.25, -0.2) is 0 Å². The number of aliphatic hydroxyl groups is 1. The molecule has 0 spiro atoms. The number of hydrogen-bond donors (Lipinski definition) is 1. The minimum absolute atomic E-state index is 0.263. The van der Waals surface area contributed by atoms with Crippen LogP contribution in [0.4, 0.5) is 0 Å². The van der Waals surface area contributed by atoms with E-state index in [1.807, 2.05) is 11.8 Å². The van der Waals surface area contributed by atoms with Gasteiger partial charge in [-0.05, 0) is 42.2 Å². The molecule has 0 aromatic heterocycles. The SMILES string of the molecule is CCSc1ccc(C(O)CCC2CC2)cc1. The Labute approximate surface area is 102 Å². The van der Waals surface area contributed by atoms with Gasteiger partial charge >= 0.3 is 0 Å². The minimum Gasteiger partial charge on any atom is -0.388 e. The number of thioether (sulfide) groups is 1. The Balaban J connectivity index is 1.86. The van der Waals surface area contributed by atoms with E-state index < -0.39 is 0 Å². The lowest BCUT2D eigenvalue weighted by Gasteiger charge is -2.11. The predicted octanol–water partition coefficient (Wildman–Crippen LogP) is 4.02. The third kappa shape index (κ3) is 3.53. The van der Waals surface area contributed by atoms with Crippen molar-refractivity contribution in [2.24, 2.45) is 5.92 Å². The molecule has 0 saturated heterocycles. The van der Waals surface area contributed by atoms with Gasteiger partial charge in [-0.2, -0.15) is 0 Å². The quantitative estimate of drug-likeness (QED) is 0.753. The molecule has 0 heterocycles. The lowest BCUT2D eigenvalue weighted by Crippen LogP contribution is -1.97. The van der Waals surface area contributed by atoms with Crippen molar-refractivity contribution in [3.05, 3.63) is 29.8 Å². The van der Waals surface area contributed by atoms with Gasteiger partial charge < -0.3 is 5.11 Å². The van der Waals surface area contributed by atoms with E-state index in [0.717, 1.165) is 23.7 Å². The first kappa shape index (κ1) is 12.0. The second kappa shape index (κ2) is 5.74. The Morgan fingerprint density at radius 3 is 2.56 bits per heavy atom. The maximum absolute atomic E-state index is 10.0. The van der Waals surface area contributed by atoms with Crippen molar-refractivity contribution in [3.63, 3.8) is 0 Å². The normalized spacial score (nSPS) is 17.4. The first-order valence-corrected chi connectivity index (χ1v) is 7.19. The highest BCUT2D eigenvalue weighted by atomic mass is 32.2. The van der Waals surface area contributed by atoms with Gasteiger partial charge in [-0.15, -0.1) is 11.8 Å². The number of benzene rings is 1. The molecule has 1 unspecified atom stereocenters. The van der Waals surface area contributed by atoms with Crippen molar-refractivity contribution in [1.82, 2.24) is 0 Å². The van der Waals surface area contributed by atoms with Crippen LogP contribution in [-0.4, -0.2) is 10.9 Å². The molecule has 0 aliphatic heterocycles. The molecule has 1 N–H and O–H groups in total. The fourth-order valence-electron chi connectivity index (χ4n) is 1.92. The zero-order valence-corrected chi connectivity index (χ0v) is 10.7. The first-order valence-electron chi connectivity index (χ1n) is 6.20. The Hall–Kier alpha value is -0.470. The van der Waals surface area contributed by atoms with E-state index in [1.165, 1.54) is 24.2 Å². The van der Waals surface area contributed by atoms with Gasteiger partial charge in [0.1, 0.15) is 0 Å². The van der Waals surface area contributed by atoms with E-state index in [9.17, 15) is 5.11 Å². The van der Waals surface area contributed by atoms with E-state index >= 15 is 0 Å².